The lowest BCUT2D eigenvalue weighted by Crippen LogP contribution is -2.40. The molecule has 1 atom stereocenters. The Morgan fingerprint density at radius 1 is 1.19 bits per heavy atom. The van der Waals surface area contributed by atoms with Crippen LogP contribution < -0.4 is 5.32 Å². The first-order valence-electron chi connectivity index (χ1n) is 6.32. The molecule has 2 nitrogen and oxygen atoms in total. The third kappa shape index (κ3) is 1.48. The molecule has 0 aromatic heterocycles. The number of nitrogens with one attached hydrogen (secondary N) is 1. The lowest BCUT2D eigenvalue weighted by molar-refractivity contribution is -0.0342. The van der Waals surface area contributed by atoms with Gasteiger partial charge in [-0.2, -0.15) is 0 Å². The van der Waals surface area contributed by atoms with Crippen LogP contribution in [0.5, 0.6) is 0 Å². The van der Waals surface area contributed by atoms with E-state index in [4.69, 9.17) is 0 Å². The fourth-order valence-corrected chi connectivity index (χ4v) is 3.34. The van der Waals surface area contributed by atoms with E-state index in [1.807, 2.05) is 0 Å². The molecule has 0 spiro atoms. The summed E-state index contributed by atoms with van der Waals surface area (Å²) in [6, 6.07) is 8.40. The van der Waals surface area contributed by atoms with Crippen LogP contribution >= 0.6 is 0 Å². The van der Waals surface area contributed by atoms with Crippen LogP contribution in [0.4, 0.5) is 0 Å². The molecule has 0 radical (unpaired) electrons. The summed E-state index contributed by atoms with van der Waals surface area (Å²) in [5.41, 5.74) is 2.00. The summed E-state index contributed by atoms with van der Waals surface area (Å²) in [5, 5.41) is 14.3. The first-order valence-corrected chi connectivity index (χ1v) is 6.32. The molecule has 1 unspecified atom stereocenters. The average Bonchev–Trinajstić information content (AvgIpc) is 2.71. The second-order valence-electron chi connectivity index (χ2n) is 5.11. The van der Waals surface area contributed by atoms with E-state index in [9.17, 15) is 5.11 Å². The van der Waals surface area contributed by atoms with Crippen molar-refractivity contribution in [1.29, 1.82) is 0 Å². The van der Waals surface area contributed by atoms with Crippen LogP contribution in [0.15, 0.2) is 24.3 Å². The van der Waals surface area contributed by atoms with Gasteiger partial charge in [0.15, 0.2) is 0 Å². The fraction of sp³-hybridized carbons (Fsp3) is 0.571. The standard InChI is InChI=1S/C14H19NO/c16-14(12-6-9-15-10-7-12)8-5-11-3-1-2-4-13(11)14/h1-4,12,15-16H,5-10H2. The fourth-order valence-electron chi connectivity index (χ4n) is 3.34. The third-order valence-corrected chi connectivity index (χ3v) is 4.27. The maximum atomic E-state index is 10.9. The normalized spacial score (nSPS) is 30.3. The molecule has 0 amide bonds. The van der Waals surface area contributed by atoms with Gasteiger partial charge in [-0.05, 0) is 55.8 Å². The number of piperidine rings is 1. The molecular formula is C14H19NO. The minimum absolute atomic E-state index is 0.442. The van der Waals surface area contributed by atoms with Gasteiger partial charge in [-0.1, -0.05) is 24.3 Å². The molecule has 16 heavy (non-hydrogen) atoms. The molecule has 1 aliphatic heterocycles. The van der Waals surface area contributed by atoms with Crippen molar-refractivity contribution in [1.82, 2.24) is 5.32 Å². The maximum Gasteiger partial charge on any atom is 0.0931 e. The van der Waals surface area contributed by atoms with E-state index in [-0.39, 0.29) is 0 Å². The second-order valence-corrected chi connectivity index (χ2v) is 5.11. The Kier molecular flexibility index (Phi) is 2.49. The second kappa shape index (κ2) is 3.86. The van der Waals surface area contributed by atoms with Crippen LogP contribution in [0.25, 0.3) is 0 Å². The topological polar surface area (TPSA) is 32.3 Å². The predicted molar refractivity (Wildman–Crippen MR) is 64.3 cm³/mol. The lowest BCUT2D eigenvalue weighted by atomic mass is 9.77. The van der Waals surface area contributed by atoms with Crippen molar-refractivity contribution in [3.63, 3.8) is 0 Å². The highest BCUT2D eigenvalue weighted by molar-refractivity contribution is 5.37. The molecule has 1 aromatic rings. The molecule has 1 aliphatic carbocycles. The lowest BCUT2D eigenvalue weighted by Gasteiger charge is -2.36. The van der Waals surface area contributed by atoms with Gasteiger partial charge in [-0.3, -0.25) is 0 Å². The van der Waals surface area contributed by atoms with Gasteiger partial charge in [0, 0.05) is 0 Å². The molecule has 86 valence electrons. The molecule has 3 rings (SSSR count). The van der Waals surface area contributed by atoms with E-state index in [2.05, 4.69) is 29.6 Å². The van der Waals surface area contributed by atoms with Crippen LogP contribution in [0.3, 0.4) is 0 Å². The van der Waals surface area contributed by atoms with Crippen molar-refractivity contribution in [3.05, 3.63) is 35.4 Å². The number of hydrogen-bond donors (Lipinski definition) is 2. The molecule has 2 N–H and O–H groups in total. The van der Waals surface area contributed by atoms with Gasteiger partial charge >= 0.3 is 0 Å². The highest BCUT2D eigenvalue weighted by Crippen LogP contribution is 2.45. The van der Waals surface area contributed by atoms with Crippen molar-refractivity contribution < 1.29 is 5.11 Å². The Balaban J connectivity index is 1.94. The van der Waals surface area contributed by atoms with Crippen molar-refractivity contribution in [2.75, 3.05) is 13.1 Å². The van der Waals surface area contributed by atoms with Crippen LogP contribution in [-0.2, 0) is 12.0 Å². The molecule has 0 saturated carbocycles. The Hall–Kier alpha value is -0.860. The van der Waals surface area contributed by atoms with E-state index < -0.39 is 5.60 Å². The summed E-state index contributed by atoms with van der Waals surface area (Å²) in [6.07, 6.45) is 4.16. The van der Waals surface area contributed by atoms with Gasteiger partial charge in [0.1, 0.15) is 0 Å². The molecule has 1 aromatic carbocycles. The van der Waals surface area contributed by atoms with Crippen molar-refractivity contribution in [3.8, 4) is 0 Å². The molecular weight excluding hydrogens is 198 g/mol. The summed E-state index contributed by atoms with van der Waals surface area (Å²) in [5.74, 6) is 0.442. The summed E-state index contributed by atoms with van der Waals surface area (Å²) >= 11 is 0. The van der Waals surface area contributed by atoms with E-state index in [0.717, 1.165) is 38.8 Å². The molecule has 1 saturated heterocycles. The van der Waals surface area contributed by atoms with E-state index >= 15 is 0 Å². The molecule has 1 fully saturated rings. The van der Waals surface area contributed by atoms with E-state index in [0.29, 0.717) is 5.92 Å². The SMILES string of the molecule is OC1(C2CCNCC2)CCc2ccccc21. The number of rotatable bonds is 1. The van der Waals surface area contributed by atoms with Crippen LogP contribution in [0, 0.1) is 5.92 Å². The summed E-state index contributed by atoms with van der Waals surface area (Å²) in [4.78, 5) is 0. The van der Waals surface area contributed by atoms with E-state index in [1.165, 1.54) is 11.1 Å². The Morgan fingerprint density at radius 2 is 1.94 bits per heavy atom. The average molecular weight is 217 g/mol. The Morgan fingerprint density at radius 3 is 2.75 bits per heavy atom. The van der Waals surface area contributed by atoms with Gasteiger partial charge in [-0.15, -0.1) is 0 Å². The van der Waals surface area contributed by atoms with Crippen LogP contribution in [-0.4, -0.2) is 18.2 Å². The summed E-state index contributed by atoms with van der Waals surface area (Å²) in [6.45, 7) is 2.10. The summed E-state index contributed by atoms with van der Waals surface area (Å²) < 4.78 is 0. The van der Waals surface area contributed by atoms with Gasteiger partial charge in [0.25, 0.3) is 0 Å². The number of fused-ring (bicyclic) bond motifs is 1. The summed E-state index contributed by atoms with van der Waals surface area (Å²) in [7, 11) is 0. The highest BCUT2D eigenvalue weighted by atomic mass is 16.3. The van der Waals surface area contributed by atoms with Crippen molar-refractivity contribution in [2.45, 2.75) is 31.3 Å². The molecule has 1 heterocycles. The Bertz CT molecular complexity index is 384. The zero-order valence-corrected chi connectivity index (χ0v) is 9.58. The van der Waals surface area contributed by atoms with Crippen LogP contribution in [0.2, 0.25) is 0 Å². The zero-order chi connectivity index (χ0) is 11.0. The van der Waals surface area contributed by atoms with Gasteiger partial charge in [0.2, 0.25) is 0 Å². The van der Waals surface area contributed by atoms with Crippen molar-refractivity contribution in [2.24, 2.45) is 5.92 Å². The first kappa shape index (κ1) is 10.3. The van der Waals surface area contributed by atoms with Gasteiger partial charge in [0.05, 0.1) is 5.60 Å². The zero-order valence-electron chi connectivity index (χ0n) is 9.58. The van der Waals surface area contributed by atoms with Crippen LogP contribution in [0.1, 0.15) is 30.4 Å². The molecule has 2 heteroatoms. The van der Waals surface area contributed by atoms with Gasteiger partial charge in [-0.25, -0.2) is 0 Å². The number of hydrogen-bond acceptors (Lipinski definition) is 2. The number of aliphatic hydroxyl groups is 1. The minimum Gasteiger partial charge on any atom is -0.385 e. The molecule has 2 aliphatic rings. The number of aryl methyl sites for hydroxylation is 1. The van der Waals surface area contributed by atoms with E-state index in [1.54, 1.807) is 0 Å². The first-order chi connectivity index (χ1) is 7.81. The Labute approximate surface area is 96.7 Å². The maximum absolute atomic E-state index is 10.9. The quantitative estimate of drug-likeness (QED) is 0.752. The largest absolute Gasteiger partial charge is 0.385 e. The monoisotopic (exact) mass is 217 g/mol. The highest BCUT2D eigenvalue weighted by Gasteiger charge is 2.43. The predicted octanol–water partition coefficient (Wildman–Crippen LogP) is 1.82. The third-order valence-electron chi connectivity index (χ3n) is 4.27. The number of benzene rings is 1. The molecule has 0 bridgehead atoms. The smallest absolute Gasteiger partial charge is 0.0931 e. The van der Waals surface area contributed by atoms with Gasteiger partial charge < -0.3 is 10.4 Å². The van der Waals surface area contributed by atoms with Crippen molar-refractivity contribution >= 4 is 0 Å². The minimum atomic E-state index is -0.543.